The Morgan fingerprint density at radius 2 is 0.783 bits per heavy atom. The Morgan fingerprint density at radius 1 is 0.457 bits per heavy atom. The summed E-state index contributed by atoms with van der Waals surface area (Å²) in [5.41, 5.74) is 0. The van der Waals surface area contributed by atoms with E-state index in [1.165, 1.54) is 167 Å². The van der Waals surface area contributed by atoms with Gasteiger partial charge in [0.05, 0.1) is 0 Å². The Hall–Kier alpha value is -1.32. The average Bonchev–Trinajstić information content (AvgIpc) is 3.04. The fourth-order valence-corrected chi connectivity index (χ4v) is 6.42. The van der Waals surface area contributed by atoms with Gasteiger partial charge in [0, 0.05) is 12.8 Å². The molecule has 4 heteroatoms. The summed E-state index contributed by atoms with van der Waals surface area (Å²) in [5.74, 6) is -0.792. The lowest BCUT2D eigenvalue weighted by Gasteiger charge is -2.18. The van der Waals surface area contributed by atoms with Crippen LogP contribution in [0.4, 0.5) is 0 Å². The summed E-state index contributed by atoms with van der Waals surface area (Å²) in [7, 11) is 0. The number of carbonyl (C=O) groups excluding carboxylic acids is 1. The van der Waals surface area contributed by atoms with E-state index in [4.69, 9.17) is 9.84 Å². The van der Waals surface area contributed by atoms with Crippen molar-refractivity contribution >= 4 is 11.9 Å². The first-order chi connectivity index (χ1) is 22.6. The van der Waals surface area contributed by atoms with Gasteiger partial charge in [-0.3, -0.25) is 9.59 Å². The monoisotopic (exact) mass is 649 g/mol. The normalized spacial score (nSPS) is 12.2. The molecule has 0 saturated heterocycles. The van der Waals surface area contributed by atoms with E-state index in [0.717, 1.165) is 38.5 Å². The van der Waals surface area contributed by atoms with Gasteiger partial charge in [0.25, 0.3) is 0 Å². The van der Waals surface area contributed by atoms with Crippen molar-refractivity contribution in [2.75, 3.05) is 0 Å². The number of carboxylic acid groups (broad SMARTS) is 1. The van der Waals surface area contributed by atoms with Crippen LogP contribution in [0.3, 0.4) is 0 Å². The summed E-state index contributed by atoms with van der Waals surface area (Å²) in [6.45, 7) is 4.55. The number of aliphatic carboxylic acids is 1. The van der Waals surface area contributed by atoms with Gasteiger partial charge in [-0.2, -0.15) is 0 Å². The molecule has 0 spiro atoms. The molecule has 272 valence electrons. The number of allylic oxidation sites excluding steroid dienone is 2. The second-order valence-corrected chi connectivity index (χ2v) is 14.2. The Bertz CT molecular complexity index is 658. The first kappa shape index (κ1) is 44.7. The maximum Gasteiger partial charge on any atom is 0.306 e. The molecule has 0 bridgehead atoms. The van der Waals surface area contributed by atoms with E-state index in [2.05, 4.69) is 26.0 Å². The highest BCUT2D eigenvalue weighted by atomic mass is 16.5. The number of unbranched alkanes of at least 4 members (excludes halogenated alkanes) is 27. The van der Waals surface area contributed by atoms with Gasteiger partial charge in [0.1, 0.15) is 6.10 Å². The molecule has 4 nitrogen and oxygen atoms in total. The maximum atomic E-state index is 12.6. The topological polar surface area (TPSA) is 63.6 Å². The van der Waals surface area contributed by atoms with Crippen molar-refractivity contribution in [2.24, 2.45) is 0 Å². The second kappa shape index (κ2) is 38.1. The van der Waals surface area contributed by atoms with E-state index in [0.29, 0.717) is 12.8 Å². The van der Waals surface area contributed by atoms with E-state index in [9.17, 15) is 9.59 Å². The van der Waals surface area contributed by atoms with Crippen LogP contribution in [0, 0.1) is 0 Å². The Labute approximate surface area is 287 Å². The Morgan fingerprint density at radius 3 is 1.20 bits per heavy atom. The van der Waals surface area contributed by atoms with Gasteiger partial charge < -0.3 is 9.84 Å². The van der Waals surface area contributed by atoms with E-state index in [-0.39, 0.29) is 18.5 Å². The minimum Gasteiger partial charge on any atom is -0.481 e. The fraction of sp³-hybridized carbons (Fsp3) is 0.905. The summed E-state index contributed by atoms with van der Waals surface area (Å²) in [4.78, 5) is 23.5. The van der Waals surface area contributed by atoms with Crippen LogP contribution in [0.15, 0.2) is 12.2 Å². The first-order valence-corrected chi connectivity index (χ1v) is 20.7. The number of rotatable bonds is 38. The highest BCUT2D eigenvalue weighted by Crippen LogP contribution is 2.19. The fourth-order valence-electron chi connectivity index (χ4n) is 6.42. The van der Waals surface area contributed by atoms with Gasteiger partial charge in [-0.05, 0) is 64.2 Å². The van der Waals surface area contributed by atoms with Crippen LogP contribution in [-0.4, -0.2) is 23.1 Å². The van der Waals surface area contributed by atoms with E-state index in [1.807, 2.05) is 0 Å². The summed E-state index contributed by atoms with van der Waals surface area (Å²) in [6, 6.07) is 0. The van der Waals surface area contributed by atoms with Crippen LogP contribution in [0.5, 0.6) is 0 Å². The van der Waals surface area contributed by atoms with E-state index >= 15 is 0 Å². The minimum absolute atomic E-state index is 0.0415. The number of ether oxygens (including phenoxy) is 1. The smallest absolute Gasteiger partial charge is 0.306 e. The van der Waals surface area contributed by atoms with Crippen molar-refractivity contribution in [3.63, 3.8) is 0 Å². The molecule has 0 aromatic rings. The molecule has 0 rings (SSSR count). The molecule has 1 atom stereocenters. The van der Waals surface area contributed by atoms with E-state index < -0.39 is 5.97 Å². The van der Waals surface area contributed by atoms with Gasteiger partial charge in [-0.25, -0.2) is 0 Å². The summed E-state index contributed by atoms with van der Waals surface area (Å²) >= 11 is 0. The molecule has 0 fully saturated rings. The van der Waals surface area contributed by atoms with Crippen LogP contribution >= 0.6 is 0 Å². The molecule has 1 unspecified atom stereocenters. The molecule has 0 aliphatic rings. The molecular weight excluding hydrogens is 568 g/mol. The molecule has 0 aliphatic heterocycles. The molecule has 0 amide bonds. The maximum absolute atomic E-state index is 12.6. The predicted molar refractivity (Wildman–Crippen MR) is 200 cm³/mol. The van der Waals surface area contributed by atoms with Crippen molar-refractivity contribution < 1.29 is 19.4 Å². The summed E-state index contributed by atoms with van der Waals surface area (Å²) < 4.78 is 5.90. The molecule has 1 N–H and O–H groups in total. The van der Waals surface area contributed by atoms with Crippen molar-refractivity contribution in [1.82, 2.24) is 0 Å². The van der Waals surface area contributed by atoms with Gasteiger partial charge in [-0.15, -0.1) is 0 Å². The van der Waals surface area contributed by atoms with Crippen molar-refractivity contribution in [2.45, 2.75) is 245 Å². The zero-order valence-electron chi connectivity index (χ0n) is 31.2. The average molecular weight is 649 g/mol. The van der Waals surface area contributed by atoms with E-state index in [1.54, 1.807) is 0 Å². The van der Waals surface area contributed by atoms with Crippen LogP contribution in [0.25, 0.3) is 0 Å². The molecule has 0 saturated carbocycles. The molecule has 0 aromatic carbocycles. The highest BCUT2D eigenvalue weighted by molar-refractivity contribution is 5.69. The van der Waals surface area contributed by atoms with Crippen molar-refractivity contribution in [3.05, 3.63) is 12.2 Å². The standard InChI is InChI=1S/C42H80O4/c1-3-5-7-9-11-13-15-17-18-19-20-21-22-23-25-27-29-31-33-39-42(45)46-40(37-34-35-38-41(43)44)36-32-30-28-26-24-16-14-12-10-8-6-4-2/h17-18,40H,3-16,19-39H2,1-2H3,(H,43,44)/b18-17-. The lowest BCUT2D eigenvalue weighted by molar-refractivity contribution is -0.150. The third-order valence-corrected chi connectivity index (χ3v) is 9.49. The predicted octanol–water partition coefficient (Wildman–Crippen LogP) is 14.2. The van der Waals surface area contributed by atoms with Crippen LogP contribution < -0.4 is 0 Å². The number of carboxylic acids is 1. The van der Waals surface area contributed by atoms with Gasteiger partial charge in [0.15, 0.2) is 0 Å². The molecule has 0 aromatic heterocycles. The number of hydrogen-bond donors (Lipinski definition) is 1. The van der Waals surface area contributed by atoms with Crippen molar-refractivity contribution in [1.29, 1.82) is 0 Å². The number of carbonyl (C=O) groups is 2. The summed E-state index contributed by atoms with van der Waals surface area (Å²) in [6.07, 6.45) is 46.6. The second-order valence-electron chi connectivity index (χ2n) is 14.2. The Balaban J connectivity index is 3.80. The van der Waals surface area contributed by atoms with Gasteiger partial charge in [-0.1, -0.05) is 174 Å². The zero-order valence-corrected chi connectivity index (χ0v) is 31.2. The highest BCUT2D eigenvalue weighted by Gasteiger charge is 2.14. The van der Waals surface area contributed by atoms with Crippen LogP contribution in [-0.2, 0) is 14.3 Å². The van der Waals surface area contributed by atoms with Crippen molar-refractivity contribution in [3.8, 4) is 0 Å². The van der Waals surface area contributed by atoms with Gasteiger partial charge >= 0.3 is 11.9 Å². The lowest BCUT2D eigenvalue weighted by Crippen LogP contribution is -2.18. The third kappa shape index (κ3) is 37.1. The number of hydrogen-bond acceptors (Lipinski definition) is 3. The minimum atomic E-state index is -0.740. The zero-order chi connectivity index (χ0) is 33.6. The SMILES string of the molecule is CCCCCCCC/C=C\CCCCCCCCCCCC(=O)OC(CCCCCCCCCCCCCC)CCCCC(=O)O. The molecule has 46 heavy (non-hydrogen) atoms. The van der Waals surface area contributed by atoms with Gasteiger partial charge in [0.2, 0.25) is 0 Å². The quantitative estimate of drug-likeness (QED) is 0.0411. The summed E-state index contributed by atoms with van der Waals surface area (Å²) in [5, 5.41) is 8.95. The third-order valence-electron chi connectivity index (χ3n) is 9.49. The molecular formula is C42H80O4. The Kier molecular flexibility index (Phi) is 37.0. The lowest BCUT2D eigenvalue weighted by atomic mass is 10.0. The first-order valence-electron chi connectivity index (χ1n) is 20.7. The molecule has 0 radical (unpaired) electrons. The molecule has 0 aliphatic carbocycles. The van der Waals surface area contributed by atoms with Crippen LogP contribution in [0.2, 0.25) is 0 Å². The molecule has 0 heterocycles. The number of esters is 1. The van der Waals surface area contributed by atoms with Crippen LogP contribution in [0.1, 0.15) is 239 Å². The largest absolute Gasteiger partial charge is 0.481 e.